The van der Waals surface area contributed by atoms with E-state index in [9.17, 15) is 29.4 Å². The van der Waals surface area contributed by atoms with Crippen molar-refractivity contribution in [1.82, 2.24) is 20.6 Å². The van der Waals surface area contributed by atoms with Crippen molar-refractivity contribution >= 4 is 47.7 Å². The summed E-state index contributed by atoms with van der Waals surface area (Å²) in [4.78, 5) is 54.9. The van der Waals surface area contributed by atoms with Gasteiger partial charge in [0.05, 0.1) is 0 Å². The number of carbonyl (C=O) groups is 4. The van der Waals surface area contributed by atoms with E-state index in [4.69, 9.17) is 0 Å². The molecule has 230 valence electrons. The monoisotopic (exact) mass is 616 g/mol. The minimum Gasteiger partial charge on any atom is -0.481 e. The number of hydrogen-bond donors (Lipinski definition) is 6. The lowest BCUT2D eigenvalue weighted by molar-refractivity contribution is -0.138. The predicted octanol–water partition coefficient (Wildman–Crippen LogP) is 4.46. The molecule has 5 rings (SSSR count). The second-order valence-corrected chi connectivity index (χ2v) is 12.6. The highest BCUT2D eigenvalue weighted by Crippen LogP contribution is 2.43. The first-order valence-electron chi connectivity index (χ1n) is 14.5. The van der Waals surface area contributed by atoms with E-state index in [-0.39, 0.29) is 24.7 Å². The number of nitrogens with one attached hydrogen (secondary N) is 4. The minimum absolute atomic E-state index is 0.0503. The van der Waals surface area contributed by atoms with E-state index in [0.717, 1.165) is 73.2 Å². The van der Waals surface area contributed by atoms with Crippen LogP contribution >= 0.6 is 11.8 Å². The van der Waals surface area contributed by atoms with Gasteiger partial charge in [0.1, 0.15) is 0 Å². The summed E-state index contributed by atoms with van der Waals surface area (Å²) < 4.78 is 0. The van der Waals surface area contributed by atoms with Crippen LogP contribution in [0.25, 0.3) is 12.2 Å². The molecule has 5 heterocycles. The van der Waals surface area contributed by atoms with E-state index < -0.39 is 11.9 Å². The summed E-state index contributed by atoms with van der Waals surface area (Å²) in [6, 6.07) is 0. The molecule has 2 aromatic rings. The molecule has 0 spiro atoms. The third kappa shape index (κ3) is 6.10. The molecule has 0 aromatic carbocycles. The number of allylic oxidation sites excluding steroid dienone is 2. The van der Waals surface area contributed by atoms with Crippen molar-refractivity contribution < 1.29 is 29.4 Å². The number of aliphatic carboxylic acids is 2. The first-order chi connectivity index (χ1) is 20.9. The zero-order chi connectivity index (χ0) is 31.9. The zero-order valence-electron chi connectivity index (χ0n) is 25.2. The van der Waals surface area contributed by atoms with Crippen molar-refractivity contribution in [3.8, 4) is 0 Å². The Morgan fingerprint density at radius 3 is 1.80 bits per heavy atom. The number of H-pyrrole nitrogens is 2. The molecule has 11 heteroatoms. The topological polar surface area (TPSA) is 164 Å². The van der Waals surface area contributed by atoms with Gasteiger partial charge in [-0.05, 0) is 86.1 Å². The van der Waals surface area contributed by atoms with Gasteiger partial charge < -0.3 is 30.8 Å². The van der Waals surface area contributed by atoms with Gasteiger partial charge in [0.25, 0.3) is 11.8 Å². The molecular formula is C33H36N4O6S. The quantitative estimate of drug-likeness (QED) is 0.192. The van der Waals surface area contributed by atoms with E-state index in [1.807, 2.05) is 39.8 Å². The van der Waals surface area contributed by atoms with E-state index >= 15 is 0 Å². The van der Waals surface area contributed by atoms with Gasteiger partial charge in [-0.3, -0.25) is 19.2 Å². The van der Waals surface area contributed by atoms with Crippen molar-refractivity contribution in [2.24, 2.45) is 0 Å². The third-order valence-corrected chi connectivity index (χ3v) is 9.47. The Balaban J connectivity index is 1.56. The second-order valence-electron chi connectivity index (χ2n) is 11.3. The maximum Gasteiger partial charge on any atom is 0.303 e. The van der Waals surface area contributed by atoms with Crippen molar-refractivity contribution in [3.63, 3.8) is 0 Å². The summed E-state index contributed by atoms with van der Waals surface area (Å²) in [6.07, 6.45) is 6.19. The first kappa shape index (κ1) is 30.9. The average Bonchev–Trinajstić information content (AvgIpc) is 3.53. The minimum atomic E-state index is -0.910. The fraction of sp³-hybridized carbons (Fsp3) is 0.333. The number of thioether (sulfide) groups is 1. The maximum atomic E-state index is 12.5. The molecule has 0 unspecified atom stereocenters. The first-order valence-corrected chi connectivity index (χ1v) is 15.5. The Bertz CT molecular complexity index is 1740. The van der Waals surface area contributed by atoms with Crippen LogP contribution in [0, 0.1) is 13.8 Å². The lowest BCUT2D eigenvalue weighted by atomic mass is 9.98. The van der Waals surface area contributed by atoms with E-state index in [1.165, 1.54) is 6.08 Å². The number of carbonyl (C=O) groups excluding carboxylic acids is 2. The van der Waals surface area contributed by atoms with Gasteiger partial charge in [-0.1, -0.05) is 12.7 Å². The molecule has 0 aliphatic carbocycles. The van der Waals surface area contributed by atoms with Crippen LogP contribution in [0.4, 0.5) is 0 Å². The molecule has 2 amide bonds. The highest BCUT2D eigenvalue weighted by Gasteiger charge is 2.37. The average molecular weight is 617 g/mol. The van der Waals surface area contributed by atoms with Crippen LogP contribution in [0.15, 0.2) is 46.3 Å². The number of amides is 2. The number of aromatic nitrogens is 2. The summed E-state index contributed by atoms with van der Waals surface area (Å²) >= 11 is 1.79. The van der Waals surface area contributed by atoms with Crippen LogP contribution in [0.3, 0.4) is 0 Å². The molecule has 10 nitrogen and oxygen atoms in total. The highest BCUT2D eigenvalue weighted by atomic mass is 32.2. The molecule has 0 saturated carbocycles. The van der Waals surface area contributed by atoms with E-state index in [1.54, 1.807) is 11.8 Å². The van der Waals surface area contributed by atoms with Crippen molar-refractivity contribution in [2.75, 3.05) is 5.75 Å². The summed E-state index contributed by atoms with van der Waals surface area (Å²) in [5, 5.41) is 25.1. The summed E-state index contributed by atoms with van der Waals surface area (Å²) in [6.45, 7) is 11.3. The second kappa shape index (κ2) is 12.2. The lowest BCUT2D eigenvalue weighted by Gasteiger charge is -2.07. The molecule has 44 heavy (non-hydrogen) atoms. The smallest absolute Gasteiger partial charge is 0.303 e. The van der Waals surface area contributed by atoms with Gasteiger partial charge in [-0.15, -0.1) is 0 Å². The van der Waals surface area contributed by atoms with Crippen LogP contribution in [0.5, 0.6) is 0 Å². The third-order valence-electron chi connectivity index (χ3n) is 8.56. The summed E-state index contributed by atoms with van der Waals surface area (Å²) in [5.41, 5.74) is 11.1. The molecule has 3 aliphatic rings. The molecule has 2 aromatic heterocycles. The van der Waals surface area contributed by atoms with E-state index in [0.29, 0.717) is 35.8 Å². The lowest BCUT2D eigenvalue weighted by Crippen LogP contribution is -2.15. The number of hydrogen-bond acceptors (Lipinski definition) is 5. The SMILES string of the molecule is C=CC1=C(C)/C(=C/c2[nH]c(Cc3[nH]c(/C=C4\NC(=O)C(C)=C4[C@@H]4CS4)c(C)c3CCC(=O)O)c(CCC(=O)O)c2C)NC1=O. The van der Waals surface area contributed by atoms with Gasteiger partial charge in [-0.2, -0.15) is 11.8 Å². The van der Waals surface area contributed by atoms with Gasteiger partial charge in [-0.25, -0.2) is 0 Å². The maximum absolute atomic E-state index is 12.5. The van der Waals surface area contributed by atoms with E-state index in [2.05, 4.69) is 27.2 Å². The van der Waals surface area contributed by atoms with Crippen LogP contribution in [0.2, 0.25) is 0 Å². The predicted molar refractivity (Wildman–Crippen MR) is 170 cm³/mol. The normalized spacial score (nSPS) is 19.8. The molecule has 6 N–H and O–H groups in total. The Labute approximate surface area is 259 Å². The number of carboxylic acids is 2. The Morgan fingerprint density at radius 2 is 1.34 bits per heavy atom. The number of aromatic amines is 2. The van der Waals surface area contributed by atoms with Gasteiger partial charge >= 0.3 is 11.9 Å². The fourth-order valence-corrected chi connectivity index (χ4v) is 6.71. The van der Waals surface area contributed by atoms with Crippen LogP contribution in [-0.2, 0) is 38.4 Å². The van der Waals surface area contributed by atoms with Crippen LogP contribution in [0.1, 0.15) is 71.7 Å². The zero-order valence-corrected chi connectivity index (χ0v) is 26.0. The Hall–Kier alpha value is -4.51. The van der Waals surface area contributed by atoms with Gasteiger partial charge in [0.15, 0.2) is 0 Å². The van der Waals surface area contributed by atoms with Crippen molar-refractivity contribution in [3.05, 3.63) is 91.4 Å². The molecule has 1 saturated heterocycles. The standard InChI is InChI=1S/C33H36N4O6S/c1-6-19-15(2)24(36-33(19)43)11-22-16(3)20(7-9-29(38)39)25(34-22)13-26-21(8-10-30(40)41)17(4)23(35-26)12-27-31(28-14-44-28)18(5)32(42)37-27/h6,11-12,28,34-35H,1,7-10,13-14H2,2-5H3,(H,36,43)(H,37,42)(H,38,39)(H,40,41)/b24-11-,27-12-/t28-/m0/s1. The molecule has 1 atom stereocenters. The number of carboxylic acid groups (broad SMARTS) is 2. The fourth-order valence-electron chi connectivity index (χ4n) is 5.98. The van der Waals surface area contributed by atoms with Crippen LogP contribution < -0.4 is 10.6 Å². The molecule has 1 fully saturated rings. The van der Waals surface area contributed by atoms with Crippen LogP contribution in [-0.4, -0.2) is 54.9 Å². The molecule has 0 radical (unpaired) electrons. The van der Waals surface area contributed by atoms with Crippen molar-refractivity contribution in [1.29, 1.82) is 0 Å². The summed E-state index contributed by atoms with van der Waals surface area (Å²) in [7, 11) is 0. The molecule has 3 aliphatic heterocycles. The molecule has 0 bridgehead atoms. The largest absolute Gasteiger partial charge is 0.481 e. The Morgan fingerprint density at radius 1 is 0.841 bits per heavy atom. The summed E-state index contributed by atoms with van der Waals surface area (Å²) in [5.74, 6) is -1.18. The van der Waals surface area contributed by atoms with Gasteiger partial charge in [0.2, 0.25) is 0 Å². The number of rotatable bonds is 12. The molecular weight excluding hydrogens is 580 g/mol. The highest BCUT2D eigenvalue weighted by molar-refractivity contribution is 8.07. The van der Waals surface area contributed by atoms with Crippen molar-refractivity contribution in [2.45, 2.75) is 65.0 Å². The van der Waals surface area contributed by atoms with Gasteiger partial charge in [0, 0.05) is 75.6 Å². The Kier molecular flexibility index (Phi) is 8.60.